The molecule has 2 N–H and O–H groups in total. The second-order valence-electron chi connectivity index (χ2n) is 3.28. The first-order valence-corrected chi connectivity index (χ1v) is 5.67. The summed E-state index contributed by atoms with van der Waals surface area (Å²) in [6.07, 6.45) is 6.56. The number of nitrogens with one attached hydrogen (secondary N) is 2. The van der Waals surface area contributed by atoms with Gasteiger partial charge in [-0.15, -0.1) is 11.6 Å². The van der Waals surface area contributed by atoms with E-state index < -0.39 is 0 Å². The standard InChI is InChI=1S/C10H16ClN3O/c11-5-1-4-10(15)14-6-2-3-9-12-7-8-13-9/h7-8H,1-6H2,(H,12,13)(H,14,15). The number of hydrogen-bond donors (Lipinski definition) is 2. The lowest BCUT2D eigenvalue weighted by molar-refractivity contribution is -0.121. The summed E-state index contributed by atoms with van der Waals surface area (Å²) in [6, 6.07) is 0. The molecular weight excluding hydrogens is 214 g/mol. The Bertz CT molecular complexity index is 274. The Morgan fingerprint density at radius 3 is 3.07 bits per heavy atom. The van der Waals surface area contributed by atoms with E-state index in [1.54, 1.807) is 12.4 Å². The number of amides is 1. The Hall–Kier alpha value is -1.03. The number of aryl methyl sites for hydroxylation is 1. The van der Waals surface area contributed by atoms with Crippen LogP contribution in [0.25, 0.3) is 0 Å². The number of nitrogens with zero attached hydrogens (tertiary/aromatic N) is 1. The van der Waals surface area contributed by atoms with Gasteiger partial charge in [0.1, 0.15) is 5.82 Å². The summed E-state index contributed by atoms with van der Waals surface area (Å²) >= 11 is 5.48. The lowest BCUT2D eigenvalue weighted by atomic mass is 10.3. The van der Waals surface area contributed by atoms with Gasteiger partial charge in [-0.2, -0.15) is 0 Å². The number of rotatable bonds is 7. The number of H-pyrrole nitrogens is 1. The predicted octanol–water partition coefficient (Wildman–Crippen LogP) is 1.48. The molecule has 0 unspecified atom stereocenters. The van der Waals surface area contributed by atoms with Crippen LogP contribution >= 0.6 is 11.6 Å². The fourth-order valence-corrected chi connectivity index (χ4v) is 1.37. The van der Waals surface area contributed by atoms with Crippen molar-refractivity contribution in [1.82, 2.24) is 15.3 Å². The van der Waals surface area contributed by atoms with Gasteiger partial charge < -0.3 is 10.3 Å². The molecule has 1 aromatic rings. The van der Waals surface area contributed by atoms with Crippen molar-refractivity contribution in [1.29, 1.82) is 0 Å². The zero-order valence-corrected chi connectivity index (χ0v) is 9.39. The third-order valence-electron chi connectivity index (χ3n) is 2.00. The van der Waals surface area contributed by atoms with Crippen molar-refractivity contribution in [2.24, 2.45) is 0 Å². The molecule has 5 heteroatoms. The molecule has 0 aliphatic rings. The number of imidazole rings is 1. The molecule has 0 saturated carbocycles. The minimum absolute atomic E-state index is 0.0788. The maximum absolute atomic E-state index is 11.2. The van der Waals surface area contributed by atoms with E-state index in [1.165, 1.54) is 0 Å². The largest absolute Gasteiger partial charge is 0.356 e. The van der Waals surface area contributed by atoms with Gasteiger partial charge in [-0.25, -0.2) is 4.98 Å². The van der Waals surface area contributed by atoms with Crippen molar-refractivity contribution in [2.45, 2.75) is 25.7 Å². The van der Waals surface area contributed by atoms with E-state index in [9.17, 15) is 4.79 Å². The van der Waals surface area contributed by atoms with Crippen molar-refractivity contribution < 1.29 is 4.79 Å². The van der Waals surface area contributed by atoms with Crippen LogP contribution in [0.1, 0.15) is 25.1 Å². The molecule has 0 atom stereocenters. The molecule has 0 fully saturated rings. The Morgan fingerprint density at radius 1 is 1.53 bits per heavy atom. The van der Waals surface area contributed by atoms with E-state index in [2.05, 4.69) is 15.3 Å². The Morgan fingerprint density at radius 2 is 2.40 bits per heavy atom. The molecular formula is C10H16ClN3O. The lowest BCUT2D eigenvalue weighted by Gasteiger charge is -2.03. The molecule has 0 aromatic carbocycles. The van der Waals surface area contributed by atoms with Gasteiger partial charge in [-0.3, -0.25) is 4.79 Å². The average molecular weight is 230 g/mol. The number of aromatic nitrogens is 2. The molecule has 15 heavy (non-hydrogen) atoms. The molecule has 0 radical (unpaired) electrons. The highest BCUT2D eigenvalue weighted by molar-refractivity contribution is 6.17. The van der Waals surface area contributed by atoms with Crippen molar-refractivity contribution in [3.05, 3.63) is 18.2 Å². The Kier molecular flexibility index (Phi) is 5.85. The molecule has 1 aromatic heterocycles. The normalized spacial score (nSPS) is 10.2. The number of hydrogen-bond acceptors (Lipinski definition) is 2. The van der Waals surface area contributed by atoms with Crippen molar-refractivity contribution >= 4 is 17.5 Å². The highest BCUT2D eigenvalue weighted by Gasteiger charge is 2.00. The number of carbonyl (C=O) groups is 1. The Labute approximate surface area is 94.4 Å². The first kappa shape index (κ1) is 12.0. The van der Waals surface area contributed by atoms with Gasteiger partial charge in [0.25, 0.3) is 0 Å². The predicted molar refractivity (Wildman–Crippen MR) is 59.9 cm³/mol. The fourth-order valence-electron chi connectivity index (χ4n) is 1.23. The summed E-state index contributed by atoms with van der Waals surface area (Å²) in [6.45, 7) is 0.696. The van der Waals surface area contributed by atoms with E-state index >= 15 is 0 Å². The number of carbonyl (C=O) groups excluding carboxylic acids is 1. The van der Waals surface area contributed by atoms with Crippen LogP contribution in [-0.4, -0.2) is 28.3 Å². The van der Waals surface area contributed by atoms with Crippen LogP contribution in [0.2, 0.25) is 0 Å². The molecule has 0 aliphatic heterocycles. The summed E-state index contributed by atoms with van der Waals surface area (Å²) in [4.78, 5) is 18.3. The van der Waals surface area contributed by atoms with Crippen LogP contribution in [0.15, 0.2) is 12.4 Å². The van der Waals surface area contributed by atoms with Crippen LogP contribution in [0.4, 0.5) is 0 Å². The third-order valence-corrected chi connectivity index (χ3v) is 2.27. The smallest absolute Gasteiger partial charge is 0.220 e. The van der Waals surface area contributed by atoms with E-state index in [0.717, 1.165) is 25.1 Å². The third kappa shape index (κ3) is 5.42. The molecule has 0 bridgehead atoms. The fraction of sp³-hybridized carbons (Fsp3) is 0.600. The number of aromatic amines is 1. The van der Waals surface area contributed by atoms with E-state index in [1.807, 2.05) is 0 Å². The molecule has 1 rings (SSSR count). The minimum atomic E-state index is 0.0788. The Balaban J connectivity index is 1.99. The zero-order valence-electron chi connectivity index (χ0n) is 8.63. The van der Waals surface area contributed by atoms with Gasteiger partial charge in [-0.1, -0.05) is 0 Å². The second kappa shape index (κ2) is 7.29. The van der Waals surface area contributed by atoms with Crippen molar-refractivity contribution in [2.75, 3.05) is 12.4 Å². The molecule has 1 heterocycles. The van der Waals surface area contributed by atoms with Gasteiger partial charge in [0.2, 0.25) is 5.91 Å². The number of alkyl halides is 1. The van der Waals surface area contributed by atoms with Crippen molar-refractivity contribution in [3.63, 3.8) is 0 Å². The summed E-state index contributed by atoms with van der Waals surface area (Å²) in [5, 5.41) is 2.84. The summed E-state index contributed by atoms with van der Waals surface area (Å²) in [5.74, 6) is 1.58. The molecule has 0 saturated heterocycles. The highest BCUT2D eigenvalue weighted by atomic mass is 35.5. The summed E-state index contributed by atoms with van der Waals surface area (Å²) in [5.41, 5.74) is 0. The van der Waals surface area contributed by atoms with Crippen LogP contribution in [-0.2, 0) is 11.2 Å². The van der Waals surface area contributed by atoms with Gasteiger partial charge in [0, 0.05) is 37.7 Å². The van der Waals surface area contributed by atoms with Gasteiger partial charge in [0.15, 0.2) is 0 Å². The summed E-state index contributed by atoms with van der Waals surface area (Å²) < 4.78 is 0. The van der Waals surface area contributed by atoms with Crippen LogP contribution in [0.3, 0.4) is 0 Å². The topological polar surface area (TPSA) is 57.8 Å². The lowest BCUT2D eigenvalue weighted by Crippen LogP contribution is -2.24. The maximum atomic E-state index is 11.2. The van der Waals surface area contributed by atoms with E-state index in [4.69, 9.17) is 11.6 Å². The van der Waals surface area contributed by atoms with E-state index in [0.29, 0.717) is 18.8 Å². The molecule has 84 valence electrons. The van der Waals surface area contributed by atoms with Gasteiger partial charge in [-0.05, 0) is 12.8 Å². The maximum Gasteiger partial charge on any atom is 0.220 e. The minimum Gasteiger partial charge on any atom is -0.356 e. The molecule has 0 spiro atoms. The molecule has 0 aliphatic carbocycles. The van der Waals surface area contributed by atoms with Gasteiger partial charge in [0.05, 0.1) is 0 Å². The summed E-state index contributed by atoms with van der Waals surface area (Å²) in [7, 11) is 0. The molecule has 1 amide bonds. The first-order valence-electron chi connectivity index (χ1n) is 5.14. The highest BCUT2D eigenvalue weighted by Crippen LogP contribution is 1.95. The molecule has 4 nitrogen and oxygen atoms in total. The van der Waals surface area contributed by atoms with Crippen LogP contribution < -0.4 is 5.32 Å². The SMILES string of the molecule is O=C(CCCCl)NCCCc1ncc[nH]1. The van der Waals surface area contributed by atoms with E-state index in [-0.39, 0.29) is 5.91 Å². The monoisotopic (exact) mass is 229 g/mol. The average Bonchev–Trinajstić information content (AvgIpc) is 2.74. The van der Waals surface area contributed by atoms with Crippen LogP contribution in [0, 0.1) is 0 Å². The second-order valence-corrected chi connectivity index (χ2v) is 3.66. The zero-order chi connectivity index (χ0) is 10.9. The quantitative estimate of drug-likeness (QED) is 0.550. The first-order chi connectivity index (χ1) is 7.33. The van der Waals surface area contributed by atoms with Gasteiger partial charge >= 0.3 is 0 Å². The number of halogens is 1. The van der Waals surface area contributed by atoms with Crippen LogP contribution in [0.5, 0.6) is 0 Å². The van der Waals surface area contributed by atoms with Crippen molar-refractivity contribution in [3.8, 4) is 0 Å².